The summed E-state index contributed by atoms with van der Waals surface area (Å²) in [5, 5.41) is 14.8. The van der Waals surface area contributed by atoms with Crippen molar-refractivity contribution in [3.63, 3.8) is 0 Å². The molecule has 11 aliphatic rings. The van der Waals surface area contributed by atoms with Gasteiger partial charge in [0.25, 0.3) is 0 Å². The number of nitrogens with zero attached hydrogens (tertiary/aromatic N) is 2. The third kappa shape index (κ3) is 3.98. The number of thioether (sulfide) groups is 1. The fourth-order valence-electron chi connectivity index (χ4n) is 11.5. The fraction of sp³-hybridized carbons (Fsp3) is 0.455. The molecule has 9 atom stereocenters. The fourth-order valence-corrected chi connectivity index (χ4v) is 13.2. The van der Waals surface area contributed by atoms with Gasteiger partial charge in [-0.3, -0.25) is 0 Å². The molecule has 0 spiro atoms. The average molecular weight is 631 g/mol. The van der Waals surface area contributed by atoms with E-state index in [1.807, 2.05) is 0 Å². The summed E-state index contributed by atoms with van der Waals surface area (Å²) in [6.45, 7) is 0. The van der Waals surface area contributed by atoms with Crippen LogP contribution in [0.3, 0.4) is 0 Å². The second-order valence-electron chi connectivity index (χ2n) is 15.9. The molecule has 47 heavy (non-hydrogen) atoms. The quantitative estimate of drug-likeness (QED) is 0.314. The monoisotopic (exact) mass is 630 g/mol. The summed E-state index contributed by atoms with van der Waals surface area (Å²) in [4.78, 5) is 0. The van der Waals surface area contributed by atoms with Crippen molar-refractivity contribution in [2.24, 2.45) is 53.3 Å². The van der Waals surface area contributed by atoms with Gasteiger partial charge in [-0.15, -0.1) is 17.5 Å². The first-order valence-electron chi connectivity index (χ1n) is 18.6. The summed E-state index contributed by atoms with van der Waals surface area (Å²) in [7, 11) is 0. The zero-order valence-electron chi connectivity index (χ0n) is 27.0. The Bertz CT molecular complexity index is 2060. The number of rotatable bonds is 4. The minimum atomic E-state index is 0.344. The van der Waals surface area contributed by atoms with Crippen LogP contribution in [0.5, 0.6) is 0 Å². The van der Waals surface area contributed by atoms with E-state index in [1.54, 1.807) is 11.3 Å². The van der Waals surface area contributed by atoms with Gasteiger partial charge >= 0.3 is 0 Å². The largest absolute Gasteiger partial charge is 0.313 e. The standard InChI is InChI=1S/C44H42N2S/c45-24-35-30(26-13-5-2-6-14-26)19-27(25-11-3-1-4-12-25)20-31(35)34-22-38(42-43-41(34)44(42)43)46-36-17-9-7-15-28(36)32-23-40-33(21-37(32)46)29-16-8-10-18-39(29)47-40/h1,3,5,7-8,10,13-14,16-18,21-22,25,27,29,31,34,39-44H,2,4,6,9,11-12,19-20,23H2. The van der Waals surface area contributed by atoms with Crippen molar-refractivity contribution in [1.82, 2.24) is 4.57 Å². The lowest BCUT2D eigenvalue weighted by Crippen LogP contribution is -2.37. The maximum atomic E-state index is 10.9. The molecule has 2 bridgehead atoms. The van der Waals surface area contributed by atoms with E-state index < -0.39 is 0 Å². The predicted octanol–water partition coefficient (Wildman–Crippen LogP) is 8.22. The molecule has 1 aromatic rings. The lowest BCUT2D eigenvalue weighted by molar-refractivity contribution is 0.201. The van der Waals surface area contributed by atoms with E-state index >= 15 is 0 Å². The first-order chi connectivity index (χ1) is 23.3. The van der Waals surface area contributed by atoms with E-state index in [9.17, 15) is 5.26 Å². The number of hydrogen-bond donors (Lipinski definition) is 0. The summed E-state index contributed by atoms with van der Waals surface area (Å²) < 4.78 is 2.73. The Morgan fingerprint density at radius 2 is 1.89 bits per heavy atom. The zero-order valence-corrected chi connectivity index (χ0v) is 27.8. The smallest absolute Gasteiger partial charge is 0.0953 e. The van der Waals surface area contributed by atoms with Crippen molar-refractivity contribution in [2.75, 3.05) is 0 Å². The van der Waals surface area contributed by atoms with Gasteiger partial charge in [-0.25, -0.2) is 0 Å². The highest BCUT2D eigenvalue weighted by atomic mass is 32.2. The molecule has 12 rings (SSSR count). The molecule has 3 fully saturated rings. The topological polar surface area (TPSA) is 28.7 Å². The highest BCUT2D eigenvalue weighted by Gasteiger charge is 2.78. The molecule has 3 heteroatoms. The summed E-state index contributed by atoms with van der Waals surface area (Å²) in [5.74, 6) is 5.91. The molecular formula is C44H42N2S. The molecule has 2 saturated carbocycles. The van der Waals surface area contributed by atoms with Crippen molar-refractivity contribution in [1.29, 1.82) is 5.26 Å². The van der Waals surface area contributed by atoms with Crippen LogP contribution in [-0.2, 0) is 6.42 Å². The number of fused-ring (bicyclic) bond motifs is 7. The van der Waals surface area contributed by atoms with Gasteiger partial charge in [0, 0.05) is 44.7 Å². The van der Waals surface area contributed by atoms with Crippen molar-refractivity contribution in [2.45, 2.75) is 68.3 Å². The third-order valence-corrected chi connectivity index (χ3v) is 15.3. The maximum Gasteiger partial charge on any atom is 0.0953 e. The number of aromatic nitrogens is 1. The van der Waals surface area contributed by atoms with E-state index in [1.165, 1.54) is 58.7 Å². The summed E-state index contributed by atoms with van der Waals surface area (Å²) in [5.41, 5.74) is 13.8. The Balaban J connectivity index is 1.05. The van der Waals surface area contributed by atoms with Gasteiger partial charge < -0.3 is 4.57 Å². The van der Waals surface area contributed by atoms with Crippen LogP contribution in [0, 0.1) is 64.6 Å². The van der Waals surface area contributed by atoms with Crippen LogP contribution in [-0.4, -0.2) is 15.1 Å². The SMILES string of the molecule is N#CC1=C(C2=CCCC=C2)CC(C2CC=CCC2)CC1C1C=C(n2c3c(c4c2=CCC=C=4)CC2SC4C=CC=CC4C2=C3)C2C3C1C23. The summed E-state index contributed by atoms with van der Waals surface area (Å²) >= 11 is 2.17. The maximum absolute atomic E-state index is 10.9. The predicted molar refractivity (Wildman–Crippen MR) is 193 cm³/mol. The Morgan fingerprint density at radius 1 is 0.957 bits per heavy atom. The average Bonchev–Trinajstić information content (AvgIpc) is 4.00. The highest BCUT2D eigenvalue weighted by Crippen LogP contribution is 2.82. The minimum Gasteiger partial charge on any atom is -0.313 e. The normalized spacial score (nSPS) is 40.8. The van der Waals surface area contributed by atoms with E-state index in [0.717, 1.165) is 61.3 Å². The first-order valence-corrected chi connectivity index (χ1v) is 19.5. The summed E-state index contributed by atoms with van der Waals surface area (Å²) in [6, 6.07) is 2.88. The van der Waals surface area contributed by atoms with Gasteiger partial charge in [0.1, 0.15) is 0 Å². The van der Waals surface area contributed by atoms with E-state index in [4.69, 9.17) is 0 Å². The molecule has 0 amide bonds. The minimum absolute atomic E-state index is 0.344. The molecule has 9 unspecified atom stereocenters. The lowest BCUT2D eigenvalue weighted by atomic mass is 9.62. The first kappa shape index (κ1) is 27.5. The van der Waals surface area contributed by atoms with E-state index in [2.05, 4.69) is 107 Å². The number of allylic oxidation sites excluding steroid dienone is 14. The van der Waals surface area contributed by atoms with Gasteiger partial charge in [-0.05, 0) is 128 Å². The van der Waals surface area contributed by atoms with E-state index in [0.29, 0.717) is 40.1 Å². The van der Waals surface area contributed by atoms with Crippen LogP contribution in [0.1, 0.15) is 62.6 Å². The van der Waals surface area contributed by atoms with Gasteiger partial charge in [-0.1, -0.05) is 66.8 Å². The van der Waals surface area contributed by atoms with Gasteiger partial charge in [0.2, 0.25) is 0 Å². The molecule has 0 N–H and O–H groups in total. The van der Waals surface area contributed by atoms with Crippen LogP contribution in [0.4, 0.5) is 0 Å². The van der Waals surface area contributed by atoms with Crippen LogP contribution in [0.2, 0.25) is 0 Å². The second-order valence-corrected chi connectivity index (χ2v) is 17.3. The zero-order chi connectivity index (χ0) is 30.8. The second kappa shape index (κ2) is 10.3. The van der Waals surface area contributed by atoms with E-state index in [-0.39, 0.29) is 0 Å². The number of nitriles is 1. The van der Waals surface area contributed by atoms with Crippen molar-refractivity contribution in [3.8, 4) is 6.07 Å². The van der Waals surface area contributed by atoms with Gasteiger partial charge in [0.05, 0.1) is 17.1 Å². The van der Waals surface area contributed by atoms with Crippen LogP contribution < -0.4 is 10.6 Å². The van der Waals surface area contributed by atoms with Crippen LogP contribution in [0.25, 0.3) is 23.6 Å². The Hall–Kier alpha value is -3.44. The Labute approximate surface area is 282 Å². The molecule has 2 nitrogen and oxygen atoms in total. The molecule has 2 heterocycles. The van der Waals surface area contributed by atoms with Crippen molar-refractivity contribution >= 4 is 35.3 Å². The van der Waals surface area contributed by atoms with Crippen LogP contribution in [0.15, 0.2) is 89.1 Å². The molecule has 1 aliphatic heterocycles. The Morgan fingerprint density at radius 3 is 2.74 bits per heavy atom. The summed E-state index contributed by atoms with van der Waals surface area (Å²) in [6.07, 6.45) is 41.7. The Kier molecular flexibility index (Phi) is 6.02. The number of hydrogen-bond acceptors (Lipinski definition) is 2. The van der Waals surface area contributed by atoms with Crippen LogP contribution >= 0.6 is 11.8 Å². The lowest BCUT2D eigenvalue weighted by Gasteiger charge is -2.42. The molecule has 1 saturated heterocycles. The molecule has 0 aromatic carbocycles. The van der Waals surface area contributed by atoms with Crippen molar-refractivity contribution < 1.29 is 0 Å². The van der Waals surface area contributed by atoms with Gasteiger partial charge in [-0.2, -0.15) is 5.26 Å². The van der Waals surface area contributed by atoms with Crippen molar-refractivity contribution in [3.05, 3.63) is 111 Å². The van der Waals surface area contributed by atoms with Gasteiger partial charge in [0.15, 0.2) is 0 Å². The molecule has 10 aliphatic carbocycles. The third-order valence-electron chi connectivity index (χ3n) is 13.8. The molecule has 0 radical (unpaired) electrons. The molecule has 234 valence electrons. The highest BCUT2D eigenvalue weighted by molar-refractivity contribution is 8.01. The molecular weight excluding hydrogens is 589 g/mol. The molecule has 1 aromatic heterocycles.